The molecule has 114 valence electrons. The van der Waals surface area contributed by atoms with E-state index in [0.29, 0.717) is 11.1 Å². The predicted octanol–water partition coefficient (Wildman–Crippen LogP) is 3.30. The Hall–Kier alpha value is -1.42. The lowest BCUT2D eigenvalue weighted by Gasteiger charge is -2.47. The van der Waals surface area contributed by atoms with E-state index < -0.39 is 0 Å². The number of morpholine rings is 1. The van der Waals surface area contributed by atoms with E-state index in [1.807, 2.05) is 12.1 Å². The first-order valence-corrected chi connectivity index (χ1v) is 8.19. The molecule has 0 radical (unpaired) electrons. The van der Waals surface area contributed by atoms with Crippen molar-refractivity contribution in [3.63, 3.8) is 0 Å². The Morgan fingerprint density at radius 1 is 1.23 bits per heavy atom. The average molecular weight is 315 g/mol. The minimum absolute atomic E-state index is 0.119. The van der Waals surface area contributed by atoms with E-state index in [1.165, 1.54) is 17.5 Å². The van der Waals surface area contributed by atoms with Gasteiger partial charge in [-0.3, -0.25) is 4.98 Å². The third kappa shape index (κ3) is 2.65. The summed E-state index contributed by atoms with van der Waals surface area (Å²) in [5.41, 5.74) is 3.45. The van der Waals surface area contributed by atoms with Crippen LogP contribution in [0.25, 0.3) is 0 Å². The van der Waals surface area contributed by atoms with Gasteiger partial charge in [-0.05, 0) is 36.1 Å². The van der Waals surface area contributed by atoms with Crippen molar-refractivity contribution in [2.75, 3.05) is 13.2 Å². The molecule has 3 aliphatic heterocycles. The maximum Gasteiger partial charge on any atom is 0.106 e. The first-order valence-electron chi connectivity index (χ1n) is 7.81. The Kier molecular flexibility index (Phi) is 3.65. The number of piperidine rings is 1. The average Bonchev–Trinajstić information content (AvgIpc) is 2.59. The summed E-state index contributed by atoms with van der Waals surface area (Å²) in [5.74, 6) is 0. The van der Waals surface area contributed by atoms with Gasteiger partial charge in [0.1, 0.15) is 5.60 Å². The molecule has 4 heteroatoms. The fourth-order valence-corrected chi connectivity index (χ4v) is 3.52. The summed E-state index contributed by atoms with van der Waals surface area (Å²) in [4.78, 5) is 4.36. The third-order valence-electron chi connectivity index (χ3n) is 4.79. The van der Waals surface area contributed by atoms with Gasteiger partial charge in [0, 0.05) is 30.9 Å². The van der Waals surface area contributed by atoms with Crippen LogP contribution in [0.5, 0.6) is 0 Å². The van der Waals surface area contributed by atoms with Crippen molar-refractivity contribution in [2.24, 2.45) is 0 Å². The summed E-state index contributed by atoms with van der Waals surface area (Å²) in [6.07, 6.45) is 4.84. The molecule has 3 aliphatic rings. The van der Waals surface area contributed by atoms with E-state index in [9.17, 15) is 0 Å². The maximum absolute atomic E-state index is 6.13. The van der Waals surface area contributed by atoms with Crippen LogP contribution < -0.4 is 5.32 Å². The summed E-state index contributed by atoms with van der Waals surface area (Å²) < 4.78 is 6.13. The number of rotatable bonds is 3. The van der Waals surface area contributed by atoms with Crippen LogP contribution in [0.4, 0.5) is 0 Å². The Labute approximate surface area is 135 Å². The molecule has 2 unspecified atom stereocenters. The Morgan fingerprint density at radius 2 is 2.09 bits per heavy atom. The molecule has 0 spiro atoms. The normalized spacial score (nSPS) is 27.0. The highest BCUT2D eigenvalue weighted by Crippen LogP contribution is 2.38. The molecule has 1 N–H and O–H groups in total. The molecule has 3 fully saturated rings. The zero-order valence-electron chi connectivity index (χ0n) is 12.4. The number of nitrogens with zero attached hydrogens (tertiary/aromatic N) is 1. The number of pyridine rings is 1. The smallest absolute Gasteiger partial charge is 0.106 e. The van der Waals surface area contributed by atoms with Gasteiger partial charge in [-0.2, -0.15) is 0 Å². The Morgan fingerprint density at radius 3 is 2.68 bits per heavy atom. The predicted molar refractivity (Wildman–Crippen MR) is 87.1 cm³/mol. The summed E-state index contributed by atoms with van der Waals surface area (Å²) in [6.45, 7) is 1.76. The highest BCUT2D eigenvalue weighted by atomic mass is 35.5. The summed E-state index contributed by atoms with van der Waals surface area (Å²) in [6, 6.07) is 13.2. The topological polar surface area (TPSA) is 34.1 Å². The number of fused-ring (bicyclic) bond motifs is 3. The lowest BCUT2D eigenvalue weighted by Crippen LogP contribution is -2.57. The molecule has 2 atom stereocenters. The van der Waals surface area contributed by atoms with Crippen LogP contribution in [0, 0.1) is 0 Å². The number of halogens is 1. The Balaban J connectivity index is 1.52. The van der Waals surface area contributed by atoms with Crippen LogP contribution in [0.2, 0.25) is 5.02 Å². The number of nitrogens with one attached hydrogen (secondary N) is 1. The SMILES string of the molecule is Clc1ccc(Cc2ccc(C34CCC(CO3)NC4)cc2)nc1. The van der Waals surface area contributed by atoms with Crippen LogP contribution in [-0.4, -0.2) is 24.2 Å². The zero-order chi connectivity index (χ0) is 15.0. The van der Waals surface area contributed by atoms with E-state index in [2.05, 4.69) is 34.6 Å². The minimum atomic E-state index is -0.119. The van der Waals surface area contributed by atoms with Gasteiger partial charge >= 0.3 is 0 Å². The molecule has 3 nitrogen and oxygen atoms in total. The van der Waals surface area contributed by atoms with Crippen molar-refractivity contribution in [3.05, 3.63) is 64.4 Å². The van der Waals surface area contributed by atoms with Gasteiger partial charge in [0.25, 0.3) is 0 Å². The van der Waals surface area contributed by atoms with E-state index in [0.717, 1.165) is 31.7 Å². The molecule has 2 bridgehead atoms. The molecule has 2 aromatic rings. The largest absolute Gasteiger partial charge is 0.367 e. The molecule has 4 heterocycles. The van der Waals surface area contributed by atoms with Gasteiger partial charge in [-0.25, -0.2) is 0 Å². The summed E-state index contributed by atoms with van der Waals surface area (Å²) in [7, 11) is 0. The first-order chi connectivity index (χ1) is 10.7. The maximum atomic E-state index is 6.13. The third-order valence-corrected chi connectivity index (χ3v) is 5.01. The number of hydrogen-bond acceptors (Lipinski definition) is 3. The fourth-order valence-electron chi connectivity index (χ4n) is 3.41. The van der Waals surface area contributed by atoms with Gasteiger partial charge in [-0.1, -0.05) is 35.9 Å². The van der Waals surface area contributed by atoms with E-state index in [-0.39, 0.29) is 5.60 Å². The minimum Gasteiger partial charge on any atom is -0.367 e. The standard InChI is InChI=1S/C18H19ClN2O/c19-15-5-6-16(20-10-15)9-13-1-3-14(4-2-13)18-8-7-17(11-22-18)21-12-18/h1-6,10,17,21H,7-9,11-12H2. The van der Waals surface area contributed by atoms with Crippen LogP contribution in [-0.2, 0) is 16.8 Å². The second-order valence-electron chi connectivity index (χ2n) is 6.26. The number of hydrogen-bond donors (Lipinski definition) is 1. The van der Waals surface area contributed by atoms with Crippen LogP contribution >= 0.6 is 11.6 Å². The second-order valence-corrected chi connectivity index (χ2v) is 6.70. The van der Waals surface area contributed by atoms with Gasteiger partial charge in [0.05, 0.1) is 11.6 Å². The molecular formula is C18H19ClN2O. The fraction of sp³-hybridized carbons (Fsp3) is 0.389. The van der Waals surface area contributed by atoms with Gasteiger partial charge in [0.2, 0.25) is 0 Å². The van der Waals surface area contributed by atoms with E-state index in [1.54, 1.807) is 6.20 Å². The second kappa shape index (κ2) is 5.65. The lowest BCUT2D eigenvalue weighted by atomic mass is 9.81. The molecule has 5 rings (SSSR count). The van der Waals surface area contributed by atoms with Crippen molar-refractivity contribution in [1.29, 1.82) is 0 Å². The summed E-state index contributed by atoms with van der Waals surface area (Å²) in [5, 5.41) is 4.25. The van der Waals surface area contributed by atoms with Gasteiger partial charge in [-0.15, -0.1) is 0 Å². The monoisotopic (exact) mass is 314 g/mol. The Bertz CT molecular complexity index is 632. The quantitative estimate of drug-likeness (QED) is 0.944. The lowest BCUT2D eigenvalue weighted by molar-refractivity contribution is -0.129. The van der Waals surface area contributed by atoms with Crippen LogP contribution in [0.15, 0.2) is 42.6 Å². The molecule has 0 amide bonds. The van der Waals surface area contributed by atoms with Crippen molar-refractivity contribution in [3.8, 4) is 0 Å². The number of ether oxygens (including phenoxy) is 1. The van der Waals surface area contributed by atoms with Crippen molar-refractivity contribution in [1.82, 2.24) is 10.3 Å². The molecule has 3 saturated heterocycles. The highest BCUT2D eigenvalue weighted by molar-refractivity contribution is 6.30. The van der Waals surface area contributed by atoms with Gasteiger partial charge in [0.15, 0.2) is 0 Å². The number of benzene rings is 1. The van der Waals surface area contributed by atoms with E-state index >= 15 is 0 Å². The van der Waals surface area contributed by atoms with Crippen molar-refractivity contribution < 1.29 is 4.74 Å². The van der Waals surface area contributed by atoms with Crippen LogP contribution in [0.3, 0.4) is 0 Å². The van der Waals surface area contributed by atoms with Crippen molar-refractivity contribution >= 4 is 11.6 Å². The molecule has 0 aliphatic carbocycles. The molecular weight excluding hydrogens is 296 g/mol. The van der Waals surface area contributed by atoms with Crippen LogP contribution in [0.1, 0.15) is 29.7 Å². The number of aromatic nitrogens is 1. The molecule has 0 saturated carbocycles. The molecule has 1 aromatic heterocycles. The molecule has 22 heavy (non-hydrogen) atoms. The van der Waals surface area contributed by atoms with Crippen molar-refractivity contribution in [2.45, 2.75) is 30.9 Å². The molecule has 1 aromatic carbocycles. The highest BCUT2D eigenvalue weighted by Gasteiger charge is 2.42. The summed E-state index contributed by atoms with van der Waals surface area (Å²) >= 11 is 5.87. The zero-order valence-corrected chi connectivity index (χ0v) is 13.1. The van der Waals surface area contributed by atoms with E-state index in [4.69, 9.17) is 16.3 Å². The first kappa shape index (κ1) is 14.2. The van der Waals surface area contributed by atoms with Gasteiger partial charge < -0.3 is 10.1 Å².